The van der Waals surface area contributed by atoms with Crippen molar-refractivity contribution in [2.75, 3.05) is 13.1 Å². The highest BCUT2D eigenvalue weighted by molar-refractivity contribution is 4.93. The predicted octanol–water partition coefficient (Wildman–Crippen LogP) is 2.09. The molecule has 0 radical (unpaired) electrons. The quantitative estimate of drug-likeness (QED) is 0.813. The maximum absolute atomic E-state index is 5.44. The number of aromatic nitrogens is 5. The standard InChI is InChI=1S/C15H24N6O/c1-3-5-14-18-15(22-19-14)12(2)20-7-4-6-13(8-20)9-21-11-16-10-17-21/h10-13H,3-9H2,1-2H3/t12-,13-/m1/s1. The van der Waals surface area contributed by atoms with E-state index in [-0.39, 0.29) is 6.04 Å². The zero-order valence-corrected chi connectivity index (χ0v) is 13.4. The van der Waals surface area contributed by atoms with Crippen molar-refractivity contribution in [3.63, 3.8) is 0 Å². The van der Waals surface area contributed by atoms with Gasteiger partial charge in [0.25, 0.3) is 0 Å². The lowest BCUT2D eigenvalue weighted by Gasteiger charge is -2.35. The van der Waals surface area contributed by atoms with E-state index in [1.165, 1.54) is 12.8 Å². The van der Waals surface area contributed by atoms with Gasteiger partial charge in [0, 0.05) is 19.5 Å². The van der Waals surface area contributed by atoms with Crippen LogP contribution in [0.4, 0.5) is 0 Å². The van der Waals surface area contributed by atoms with E-state index in [1.807, 2.05) is 4.68 Å². The number of nitrogens with zero attached hydrogens (tertiary/aromatic N) is 6. The summed E-state index contributed by atoms with van der Waals surface area (Å²) >= 11 is 0. The highest BCUT2D eigenvalue weighted by Crippen LogP contribution is 2.26. The van der Waals surface area contributed by atoms with Crippen molar-refractivity contribution in [2.45, 2.75) is 52.1 Å². The zero-order valence-electron chi connectivity index (χ0n) is 13.4. The highest BCUT2D eigenvalue weighted by atomic mass is 16.5. The molecule has 120 valence electrons. The third-order valence-electron chi connectivity index (χ3n) is 4.32. The summed E-state index contributed by atoms with van der Waals surface area (Å²) in [4.78, 5) is 11.0. The van der Waals surface area contributed by atoms with Crippen LogP contribution in [-0.4, -0.2) is 42.9 Å². The highest BCUT2D eigenvalue weighted by Gasteiger charge is 2.27. The maximum atomic E-state index is 5.44. The number of hydrogen-bond donors (Lipinski definition) is 0. The van der Waals surface area contributed by atoms with E-state index in [1.54, 1.807) is 12.7 Å². The van der Waals surface area contributed by atoms with Crippen LogP contribution in [0.5, 0.6) is 0 Å². The molecule has 0 aromatic carbocycles. The fraction of sp³-hybridized carbons (Fsp3) is 0.733. The Hall–Kier alpha value is -1.76. The summed E-state index contributed by atoms with van der Waals surface area (Å²) in [6.45, 7) is 7.32. The third-order valence-corrected chi connectivity index (χ3v) is 4.32. The molecule has 0 saturated carbocycles. The first-order valence-electron chi connectivity index (χ1n) is 8.15. The summed E-state index contributed by atoms with van der Waals surface area (Å²) in [5.74, 6) is 2.15. The van der Waals surface area contributed by atoms with Gasteiger partial charge >= 0.3 is 0 Å². The molecule has 2 atom stereocenters. The van der Waals surface area contributed by atoms with Crippen LogP contribution in [0.15, 0.2) is 17.2 Å². The molecule has 7 nitrogen and oxygen atoms in total. The smallest absolute Gasteiger partial charge is 0.243 e. The van der Waals surface area contributed by atoms with Crippen LogP contribution in [0.25, 0.3) is 0 Å². The zero-order chi connectivity index (χ0) is 15.4. The Bertz CT molecular complexity index is 566. The number of piperidine rings is 1. The van der Waals surface area contributed by atoms with Crippen molar-refractivity contribution in [2.24, 2.45) is 5.92 Å². The average Bonchev–Trinajstić information content (AvgIpc) is 3.19. The third kappa shape index (κ3) is 3.52. The first-order chi connectivity index (χ1) is 10.8. The molecule has 0 unspecified atom stereocenters. The van der Waals surface area contributed by atoms with Gasteiger partial charge in [-0.15, -0.1) is 0 Å². The molecule has 1 saturated heterocycles. The molecule has 0 bridgehead atoms. The van der Waals surface area contributed by atoms with Gasteiger partial charge in [-0.3, -0.25) is 9.58 Å². The van der Waals surface area contributed by atoms with Crippen LogP contribution in [0.3, 0.4) is 0 Å². The second-order valence-electron chi connectivity index (χ2n) is 6.10. The molecular formula is C15H24N6O. The Morgan fingerprint density at radius 1 is 1.45 bits per heavy atom. The molecular weight excluding hydrogens is 280 g/mol. The number of rotatable bonds is 6. The van der Waals surface area contributed by atoms with E-state index in [0.717, 1.165) is 44.2 Å². The molecule has 0 spiro atoms. The summed E-state index contributed by atoms with van der Waals surface area (Å²) < 4.78 is 7.36. The summed E-state index contributed by atoms with van der Waals surface area (Å²) in [5.41, 5.74) is 0. The summed E-state index contributed by atoms with van der Waals surface area (Å²) in [6, 6.07) is 0.177. The largest absolute Gasteiger partial charge is 0.338 e. The van der Waals surface area contributed by atoms with Gasteiger partial charge < -0.3 is 4.52 Å². The Morgan fingerprint density at radius 2 is 2.36 bits per heavy atom. The Labute approximate surface area is 130 Å². The molecule has 2 aromatic rings. The van der Waals surface area contributed by atoms with Gasteiger partial charge in [-0.05, 0) is 38.6 Å². The topological polar surface area (TPSA) is 72.9 Å². The van der Waals surface area contributed by atoms with Crippen molar-refractivity contribution < 1.29 is 4.52 Å². The van der Waals surface area contributed by atoms with E-state index < -0.39 is 0 Å². The molecule has 7 heteroatoms. The van der Waals surface area contributed by atoms with Gasteiger partial charge in [0.15, 0.2) is 5.82 Å². The molecule has 3 heterocycles. The van der Waals surface area contributed by atoms with Crippen LogP contribution in [0.2, 0.25) is 0 Å². The lowest BCUT2D eigenvalue weighted by molar-refractivity contribution is 0.102. The van der Waals surface area contributed by atoms with Crippen LogP contribution in [0.1, 0.15) is 50.9 Å². The molecule has 22 heavy (non-hydrogen) atoms. The van der Waals surface area contributed by atoms with Crippen LogP contribution < -0.4 is 0 Å². The summed E-state index contributed by atoms with van der Waals surface area (Å²) in [5, 5.41) is 8.27. The molecule has 2 aromatic heterocycles. The second kappa shape index (κ2) is 7.00. The number of hydrogen-bond acceptors (Lipinski definition) is 6. The van der Waals surface area contributed by atoms with Crippen molar-refractivity contribution in [1.29, 1.82) is 0 Å². The minimum atomic E-state index is 0.177. The Morgan fingerprint density at radius 3 is 3.14 bits per heavy atom. The van der Waals surface area contributed by atoms with Crippen molar-refractivity contribution in [3.05, 3.63) is 24.4 Å². The number of likely N-dealkylation sites (tertiary alicyclic amines) is 1. The normalized spacial score (nSPS) is 21.1. The minimum absolute atomic E-state index is 0.177. The molecule has 0 N–H and O–H groups in total. The van der Waals surface area contributed by atoms with Crippen LogP contribution in [0, 0.1) is 5.92 Å². The van der Waals surface area contributed by atoms with E-state index in [2.05, 4.69) is 39.0 Å². The predicted molar refractivity (Wildman–Crippen MR) is 81.0 cm³/mol. The lowest BCUT2D eigenvalue weighted by atomic mass is 9.97. The van der Waals surface area contributed by atoms with Gasteiger partial charge in [0.1, 0.15) is 12.7 Å². The Balaban J connectivity index is 1.60. The second-order valence-corrected chi connectivity index (χ2v) is 6.10. The van der Waals surface area contributed by atoms with Crippen molar-refractivity contribution >= 4 is 0 Å². The SMILES string of the molecule is CCCc1noc([C@@H](C)N2CCC[C@@H](Cn3cncn3)C2)n1. The van der Waals surface area contributed by atoms with E-state index >= 15 is 0 Å². The maximum Gasteiger partial charge on any atom is 0.243 e. The van der Waals surface area contributed by atoms with Gasteiger partial charge in [0.05, 0.1) is 6.04 Å². The van der Waals surface area contributed by atoms with Gasteiger partial charge in [-0.25, -0.2) is 4.98 Å². The van der Waals surface area contributed by atoms with Gasteiger partial charge in [0.2, 0.25) is 5.89 Å². The monoisotopic (exact) mass is 304 g/mol. The first-order valence-corrected chi connectivity index (χ1v) is 8.15. The minimum Gasteiger partial charge on any atom is -0.338 e. The van der Waals surface area contributed by atoms with Crippen LogP contribution >= 0.6 is 0 Å². The summed E-state index contributed by atoms with van der Waals surface area (Å²) in [6.07, 6.45) is 7.73. The van der Waals surface area contributed by atoms with Gasteiger partial charge in [-0.1, -0.05) is 12.1 Å². The summed E-state index contributed by atoms with van der Waals surface area (Å²) in [7, 11) is 0. The van der Waals surface area contributed by atoms with E-state index in [0.29, 0.717) is 5.92 Å². The lowest BCUT2D eigenvalue weighted by Crippen LogP contribution is -2.38. The molecule has 1 aliphatic rings. The van der Waals surface area contributed by atoms with Crippen molar-refractivity contribution in [1.82, 2.24) is 29.8 Å². The molecule has 0 amide bonds. The van der Waals surface area contributed by atoms with E-state index in [4.69, 9.17) is 4.52 Å². The molecule has 3 rings (SSSR count). The Kier molecular flexibility index (Phi) is 4.82. The fourth-order valence-corrected chi connectivity index (χ4v) is 3.11. The van der Waals surface area contributed by atoms with Gasteiger partial charge in [-0.2, -0.15) is 10.1 Å². The van der Waals surface area contributed by atoms with Crippen molar-refractivity contribution in [3.8, 4) is 0 Å². The average molecular weight is 304 g/mol. The number of aryl methyl sites for hydroxylation is 1. The first kappa shape index (κ1) is 15.1. The van der Waals surface area contributed by atoms with Crippen LogP contribution in [-0.2, 0) is 13.0 Å². The fourth-order valence-electron chi connectivity index (χ4n) is 3.11. The molecule has 1 aliphatic heterocycles. The molecule has 1 fully saturated rings. The molecule has 0 aliphatic carbocycles. The van der Waals surface area contributed by atoms with E-state index in [9.17, 15) is 0 Å².